The quantitative estimate of drug-likeness (QED) is 0.430. The summed E-state index contributed by atoms with van der Waals surface area (Å²) in [5, 5.41) is 13.6. The number of benzene rings is 1. The smallest absolute Gasteiger partial charge is 0.305 e. The number of methoxy groups -OCH3 is 1. The van der Waals surface area contributed by atoms with Crippen LogP contribution in [0.15, 0.2) is 12.1 Å². The number of piperidine rings is 1. The molecule has 38 heavy (non-hydrogen) atoms. The first kappa shape index (κ1) is 29.7. The Kier molecular flexibility index (Phi) is 10.3. The van der Waals surface area contributed by atoms with E-state index in [0.717, 1.165) is 6.54 Å². The van der Waals surface area contributed by atoms with Crippen LogP contribution in [-0.2, 0) is 19.1 Å². The summed E-state index contributed by atoms with van der Waals surface area (Å²) in [6.07, 6.45) is 1.13. The van der Waals surface area contributed by atoms with Crippen LogP contribution >= 0.6 is 0 Å². The van der Waals surface area contributed by atoms with Crippen LogP contribution in [0.1, 0.15) is 50.4 Å². The number of aliphatic hydroxyl groups is 1. The number of anilines is 1. The van der Waals surface area contributed by atoms with E-state index in [1.54, 1.807) is 19.2 Å². The van der Waals surface area contributed by atoms with Gasteiger partial charge in [-0.25, -0.2) is 0 Å². The van der Waals surface area contributed by atoms with Crippen molar-refractivity contribution in [3.63, 3.8) is 0 Å². The van der Waals surface area contributed by atoms with Crippen LogP contribution in [0.25, 0.3) is 0 Å². The zero-order chi connectivity index (χ0) is 27.9. The maximum atomic E-state index is 13.3. The molecule has 3 rings (SSSR count). The second-order valence-corrected chi connectivity index (χ2v) is 10.7. The van der Waals surface area contributed by atoms with E-state index in [0.29, 0.717) is 69.3 Å². The van der Waals surface area contributed by atoms with E-state index in [1.165, 1.54) is 12.0 Å². The van der Waals surface area contributed by atoms with Crippen molar-refractivity contribution in [1.29, 1.82) is 0 Å². The number of esters is 1. The Hall–Kier alpha value is -2.89. The maximum absolute atomic E-state index is 13.3. The molecular weight excluding hydrogens is 494 g/mol. The highest BCUT2D eigenvalue weighted by molar-refractivity contribution is 6.01. The first-order valence-electron chi connectivity index (χ1n) is 13.1. The van der Waals surface area contributed by atoms with Gasteiger partial charge in [0.1, 0.15) is 19.8 Å². The van der Waals surface area contributed by atoms with Gasteiger partial charge >= 0.3 is 5.97 Å². The number of amides is 2. The molecule has 1 saturated heterocycles. The van der Waals surface area contributed by atoms with Crippen molar-refractivity contribution in [2.24, 2.45) is 5.92 Å². The second-order valence-electron chi connectivity index (χ2n) is 10.7. The lowest BCUT2D eigenvalue weighted by molar-refractivity contribution is -0.140. The molecule has 0 aromatic heterocycles. The summed E-state index contributed by atoms with van der Waals surface area (Å²) >= 11 is 0. The summed E-state index contributed by atoms with van der Waals surface area (Å²) in [5.74, 6) is -0.234. The Bertz CT molecular complexity index is 993. The average molecular weight is 536 g/mol. The molecule has 1 fully saturated rings. The van der Waals surface area contributed by atoms with Gasteiger partial charge in [0.15, 0.2) is 11.5 Å². The number of hydrogen-bond donors (Lipinski definition) is 2. The van der Waals surface area contributed by atoms with E-state index in [9.17, 15) is 19.5 Å². The predicted molar refractivity (Wildman–Crippen MR) is 141 cm³/mol. The molecule has 2 aliphatic heterocycles. The topological polar surface area (TPSA) is 127 Å². The Balaban J connectivity index is 1.62. The minimum atomic E-state index is -0.603. The van der Waals surface area contributed by atoms with E-state index in [-0.39, 0.29) is 35.9 Å². The maximum Gasteiger partial charge on any atom is 0.305 e. The standard InChI is InChI=1S/C27H41N3O8/c1-27(2,3)38-17-23(32)29(4)19-13-20(25-22(14-19)36-11-12-37-25)26(34)28-15-18-8-10-30(16-21(18)31)9-6-7-24(33)35-5/h13-14,18,21,31H,6-12,15-17H2,1-5H3,(H,28,34)/t18-,21?/m0/s1. The highest BCUT2D eigenvalue weighted by Crippen LogP contribution is 2.38. The lowest BCUT2D eigenvalue weighted by Gasteiger charge is -2.36. The zero-order valence-corrected chi connectivity index (χ0v) is 23.1. The number of likely N-dealkylation sites (tertiary alicyclic amines) is 1. The fraction of sp³-hybridized carbons (Fsp3) is 0.667. The molecule has 212 valence electrons. The van der Waals surface area contributed by atoms with Crippen molar-refractivity contribution in [3.8, 4) is 11.5 Å². The molecule has 2 aliphatic rings. The minimum absolute atomic E-state index is 0.102. The normalized spacial score (nSPS) is 19.5. The van der Waals surface area contributed by atoms with Crippen LogP contribution in [0.5, 0.6) is 11.5 Å². The summed E-state index contributed by atoms with van der Waals surface area (Å²) in [4.78, 5) is 40.8. The number of nitrogens with one attached hydrogen (secondary N) is 1. The summed E-state index contributed by atoms with van der Waals surface area (Å²) in [6.45, 7) is 8.42. The molecule has 11 nitrogen and oxygen atoms in total. The van der Waals surface area contributed by atoms with Gasteiger partial charge in [0.25, 0.3) is 11.8 Å². The van der Waals surface area contributed by atoms with Crippen LogP contribution < -0.4 is 19.7 Å². The zero-order valence-electron chi connectivity index (χ0n) is 23.1. The van der Waals surface area contributed by atoms with E-state index in [4.69, 9.17) is 14.2 Å². The van der Waals surface area contributed by atoms with Crippen LogP contribution in [0.4, 0.5) is 5.69 Å². The third-order valence-corrected chi connectivity index (χ3v) is 6.67. The summed E-state index contributed by atoms with van der Waals surface area (Å²) in [6, 6.07) is 3.29. The van der Waals surface area contributed by atoms with Crippen molar-refractivity contribution < 1.29 is 38.4 Å². The van der Waals surface area contributed by atoms with Gasteiger partial charge in [-0.05, 0) is 52.8 Å². The number of carbonyl (C=O) groups is 3. The van der Waals surface area contributed by atoms with Crippen LogP contribution in [0, 0.1) is 5.92 Å². The van der Waals surface area contributed by atoms with Gasteiger partial charge in [0.2, 0.25) is 0 Å². The molecule has 2 heterocycles. The van der Waals surface area contributed by atoms with Crippen molar-refractivity contribution in [3.05, 3.63) is 17.7 Å². The second kappa shape index (κ2) is 13.3. The predicted octanol–water partition coefficient (Wildman–Crippen LogP) is 1.60. The van der Waals surface area contributed by atoms with Crippen LogP contribution in [0.3, 0.4) is 0 Å². The molecule has 0 radical (unpaired) electrons. The molecule has 11 heteroatoms. The van der Waals surface area contributed by atoms with Gasteiger partial charge in [-0.2, -0.15) is 0 Å². The number of rotatable bonds is 10. The number of hydrogen-bond acceptors (Lipinski definition) is 9. The number of carbonyl (C=O) groups excluding carboxylic acids is 3. The number of ether oxygens (including phenoxy) is 4. The van der Waals surface area contributed by atoms with Crippen molar-refractivity contribution in [2.45, 2.75) is 51.7 Å². The molecule has 0 spiro atoms. The summed E-state index contributed by atoms with van der Waals surface area (Å²) in [5.41, 5.74) is 0.295. The largest absolute Gasteiger partial charge is 0.486 e. The fourth-order valence-electron chi connectivity index (χ4n) is 4.38. The molecule has 1 aromatic rings. The number of aliphatic hydroxyl groups excluding tert-OH is 1. The molecule has 0 bridgehead atoms. The Morgan fingerprint density at radius 3 is 2.63 bits per heavy atom. The first-order chi connectivity index (χ1) is 18.0. The lowest BCUT2D eigenvalue weighted by atomic mass is 9.93. The third-order valence-electron chi connectivity index (χ3n) is 6.67. The van der Waals surface area contributed by atoms with E-state index in [1.807, 2.05) is 20.8 Å². The molecule has 1 aromatic carbocycles. The molecule has 0 saturated carbocycles. The van der Waals surface area contributed by atoms with Crippen molar-refractivity contribution in [1.82, 2.24) is 10.2 Å². The van der Waals surface area contributed by atoms with Gasteiger partial charge in [0, 0.05) is 44.2 Å². The number of nitrogens with zero attached hydrogens (tertiary/aromatic N) is 2. The molecular formula is C27H41N3O8. The Morgan fingerprint density at radius 1 is 1.21 bits per heavy atom. The van der Waals surface area contributed by atoms with E-state index in [2.05, 4.69) is 15.0 Å². The SMILES string of the molecule is COC(=O)CCCN1CC[C@@H](CNC(=O)c2cc(N(C)C(=O)COC(C)(C)C)cc3c2OCCO3)C(O)C1. The van der Waals surface area contributed by atoms with Crippen molar-refractivity contribution >= 4 is 23.5 Å². The molecule has 2 N–H and O–H groups in total. The number of β-amino-alcohol motifs (C(OH)–C–C–N with tert-alkyl or cyclic N) is 1. The monoisotopic (exact) mass is 535 g/mol. The highest BCUT2D eigenvalue weighted by atomic mass is 16.6. The fourth-order valence-corrected chi connectivity index (χ4v) is 4.38. The van der Waals surface area contributed by atoms with Crippen molar-refractivity contribution in [2.75, 3.05) is 65.1 Å². The Labute approximate surface area is 224 Å². The first-order valence-corrected chi connectivity index (χ1v) is 13.1. The van der Waals surface area contributed by atoms with Gasteiger partial charge in [0.05, 0.1) is 24.4 Å². The molecule has 0 aliphatic carbocycles. The highest BCUT2D eigenvalue weighted by Gasteiger charge is 2.30. The minimum Gasteiger partial charge on any atom is -0.486 e. The number of likely N-dealkylation sites (N-methyl/N-ethyl adjacent to an activating group) is 1. The summed E-state index contributed by atoms with van der Waals surface area (Å²) in [7, 11) is 2.99. The van der Waals surface area contributed by atoms with Gasteiger partial charge in [-0.3, -0.25) is 14.4 Å². The van der Waals surface area contributed by atoms with E-state index >= 15 is 0 Å². The molecule has 2 amide bonds. The van der Waals surface area contributed by atoms with Gasteiger partial charge < -0.3 is 39.2 Å². The number of fused-ring (bicyclic) bond motifs is 1. The van der Waals surface area contributed by atoms with Gasteiger partial charge in [-0.15, -0.1) is 0 Å². The third kappa shape index (κ3) is 8.31. The molecule has 2 atom stereocenters. The lowest BCUT2D eigenvalue weighted by Crippen LogP contribution is -2.47. The van der Waals surface area contributed by atoms with Gasteiger partial charge in [-0.1, -0.05) is 0 Å². The molecule has 1 unspecified atom stereocenters. The summed E-state index contributed by atoms with van der Waals surface area (Å²) < 4.78 is 21.8. The average Bonchev–Trinajstić information content (AvgIpc) is 2.89. The van der Waals surface area contributed by atoms with Crippen LogP contribution in [-0.4, -0.2) is 99.7 Å². The Morgan fingerprint density at radius 2 is 1.95 bits per heavy atom. The van der Waals surface area contributed by atoms with Crippen LogP contribution in [0.2, 0.25) is 0 Å². The van der Waals surface area contributed by atoms with E-state index < -0.39 is 11.7 Å².